The Kier molecular flexibility index (Phi) is 5.65. The smallest absolute Gasteiger partial charge is 0.254 e. The van der Waals surface area contributed by atoms with Gasteiger partial charge in [0.1, 0.15) is 29.1 Å². The van der Waals surface area contributed by atoms with Gasteiger partial charge in [-0.3, -0.25) is 4.79 Å². The predicted octanol–water partition coefficient (Wildman–Crippen LogP) is 2.97. The SMILES string of the molecule is N#Cc1c(CCCNC(=O)c2ccccc2F)nn(-c2ccc(F)cc2)c1N. The Labute approximate surface area is 160 Å². The van der Waals surface area contributed by atoms with Crippen LogP contribution < -0.4 is 11.1 Å². The molecule has 1 heterocycles. The summed E-state index contributed by atoms with van der Waals surface area (Å²) in [6.45, 7) is 0.279. The molecule has 28 heavy (non-hydrogen) atoms. The fraction of sp³-hybridized carbons (Fsp3) is 0.150. The van der Waals surface area contributed by atoms with Gasteiger partial charge in [-0.1, -0.05) is 12.1 Å². The van der Waals surface area contributed by atoms with Gasteiger partial charge in [-0.25, -0.2) is 13.5 Å². The van der Waals surface area contributed by atoms with E-state index in [1.165, 1.54) is 47.1 Å². The zero-order valence-corrected chi connectivity index (χ0v) is 14.8. The minimum absolute atomic E-state index is 0.0231. The molecule has 3 rings (SSSR count). The molecular weight excluding hydrogens is 364 g/mol. The lowest BCUT2D eigenvalue weighted by Gasteiger charge is -2.05. The number of aromatic nitrogens is 2. The molecule has 0 unspecified atom stereocenters. The minimum Gasteiger partial charge on any atom is -0.382 e. The summed E-state index contributed by atoms with van der Waals surface area (Å²) in [5.41, 5.74) is 7.23. The summed E-state index contributed by atoms with van der Waals surface area (Å²) in [5.74, 6) is -1.31. The lowest BCUT2D eigenvalue weighted by atomic mass is 10.1. The van der Waals surface area contributed by atoms with E-state index in [1.807, 2.05) is 6.07 Å². The first kappa shape index (κ1) is 19.0. The number of amides is 1. The molecule has 0 radical (unpaired) electrons. The molecule has 2 aromatic carbocycles. The molecule has 1 amide bonds. The van der Waals surface area contributed by atoms with Gasteiger partial charge in [0.25, 0.3) is 5.91 Å². The van der Waals surface area contributed by atoms with Crippen molar-refractivity contribution in [2.45, 2.75) is 12.8 Å². The van der Waals surface area contributed by atoms with E-state index in [9.17, 15) is 18.8 Å². The number of anilines is 1. The molecule has 0 aliphatic carbocycles. The summed E-state index contributed by atoms with van der Waals surface area (Å²) in [5, 5.41) is 16.4. The van der Waals surface area contributed by atoms with Crippen LogP contribution in [0.2, 0.25) is 0 Å². The highest BCUT2D eigenvalue weighted by Crippen LogP contribution is 2.21. The number of hydrogen-bond acceptors (Lipinski definition) is 4. The third-order valence-corrected chi connectivity index (χ3v) is 4.17. The Morgan fingerprint density at radius 3 is 2.57 bits per heavy atom. The number of hydrogen-bond donors (Lipinski definition) is 2. The molecule has 3 N–H and O–H groups in total. The molecule has 0 aliphatic rings. The van der Waals surface area contributed by atoms with Crippen molar-refractivity contribution in [1.82, 2.24) is 15.1 Å². The van der Waals surface area contributed by atoms with Gasteiger partial charge in [-0.05, 0) is 49.2 Å². The number of nitrogens with two attached hydrogens (primary N) is 1. The van der Waals surface area contributed by atoms with Crippen molar-refractivity contribution in [3.05, 3.63) is 77.0 Å². The standard InChI is InChI=1S/C20H17F2N5O/c21-13-7-9-14(10-8-13)27-19(24)16(12-23)18(26-27)6-3-11-25-20(28)15-4-1-2-5-17(15)22/h1-2,4-5,7-10H,3,6,11,24H2,(H,25,28). The van der Waals surface area contributed by atoms with E-state index >= 15 is 0 Å². The highest BCUT2D eigenvalue weighted by molar-refractivity contribution is 5.94. The van der Waals surface area contributed by atoms with Crippen LogP contribution in [0, 0.1) is 23.0 Å². The number of aryl methyl sites for hydroxylation is 1. The second-order valence-corrected chi connectivity index (χ2v) is 6.05. The van der Waals surface area contributed by atoms with Crippen molar-refractivity contribution in [2.24, 2.45) is 0 Å². The van der Waals surface area contributed by atoms with Gasteiger partial charge in [0.2, 0.25) is 0 Å². The Morgan fingerprint density at radius 2 is 1.89 bits per heavy atom. The molecule has 0 fully saturated rings. The van der Waals surface area contributed by atoms with E-state index < -0.39 is 11.7 Å². The Hall–Kier alpha value is -3.73. The van der Waals surface area contributed by atoms with Crippen LogP contribution in [0.4, 0.5) is 14.6 Å². The van der Waals surface area contributed by atoms with Gasteiger partial charge in [0.15, 0.2) is 0 Å². The number of rotatable bonds is 6. The van der Waals surface area contributed by atoms with Crippen molar-refractivity contribution < 1.29 is 13.6 Å². The summed E-state index contributed by atoms with van der Waals surface area (Å²) in [6.07, 6.45) is 0.869. The molecule has 8 heteroatoms. The summed E-state index contributed by atoms with van der Waals surface area (Å²) in [4.78, 5) is 12.0. The molecule has 3 aromatic rings. The maximum atomic E-state index is 13.6. The number of nitriles is 1. The van der Waals surface area contributed by atoms with Crippen LogP contribution in [0.1, 0.15) is 28.0 Å². The fourth-order valence-corrected chi connectivity index (χ4v) is 2.75. The number of nitrogens with one attached hydrogen (secondary N) is 1. The number of nitrogen functional groups attached to an aromatic ring is 1. The van der Waals surface area contributed by atoms with Gasteiger partial charge in [-0.2, -0.15) is 10.4 Å². The number of halogens is 2. The van der Waals surface area contributed by atoms with Crippen molar-refractivity contribution in [3.8, 4) is 11.8 Å². The maximum absolute atomic E-state index is 13.6. The fourth-order valence-electron chi connectivity index (χ4n) is 2.75. The summed E-state index contributed by atoms with van der Waals surface area (Å²) < 4.78 is 28.1. The van der Waals surface area contributed by atoms with E-state index in [0.29, 0.717) is 24.2 Å². The van der Waals surface area contributed by atoms with E-state index in [-0.39, 0.29) is 29.3 Å². The van der Waals surface area contributed by atoms with Crippen molar-refractivity contribution in [2.75, 3.05) is 12.3 Å². The Balaban J connectivity index is 1.65. The molecule has 0 bridgehead atoms. The quantitative estimate of drug-likeness (QED) is 0.642. The first-order valence-corrected chi connectivity index (χ1v) is 8.57. The normalized spacial score (nSPS) is 10.5. The van der Waals surface area contributed by atoms with E-state index in [2.05, 4.69) is 10.4 Å². The monoisotopic (exact) mass is 381 g/mol. The van der Waals surface area contributed by atoms with E-state index in [4.69, 9.17) is 5.73 Å². The largest absolute Gasteiger partial charge is 0.382 e. The minimum atomic E-state index is -0.586. The van der Waals surface area contributed by atoms with Crippen LogP contribution in [0.5, 0.6) is 0 Å². The zero-order valence-electron chi connectivity index (χ0n) is 14.8. The Morgan fingerprint density at radius 1 is 1.18 bits per heavy atom. The second-order valence-electron chi connectivity index (χ2n) is 6.05. The molecule has 142 valence electrons. The van der Waals surface area contributed by atoms with Gasteiger partial charge in [0.05, 0.1) is 16.9 Å². The van der Waals surface area contributed by atoms with E-state index in [0.717, 1.165) is 0 Å². The highest BCUT2D eigenvalue weighted by Gasteiger charge is 2.17. The van der Waals surface area contributed by atoms with Crippen LogP contribution in [0.15, 0.2) is 48.5 Å². The lowest BCUT2D eigenvalue weighted by Crippen LogP contribution is -2.25. The molecule has 0 saturated heterocycles. The predicted molar refractivity (Wildman–Crippen MR) is 99.7 cm³/mol. The van der Waals surface area contributed by atoms with Crippen LogP contribution >= 0.6 is 0 Å². The number of carbonyl (C=O) groups excluding carboxylic acids is 1. The van der Waals surface area contributed by atoms with Crippen molar-refractivity contribution >= 4 is 11.7 Å². The third-order valence-electron chi connectivity index (χ3n) is 4.17. The molecule has 0 saturated carbocycles. The van der Waals surface area contributed by atoms with Crippen LogP contribution in [-0.2, 0) is 6.42 Å². The molecule has 6 nitrogen and oxygen atoms in total. The van der Waals surface area contributed by atoms with Crippen molar-refractivity contribution in [3.63, 3.8) is 0 Å². The third kappa shape index (κ3) is 3.99. The van der Waals surface area contributed by atoms with Crippen LogP contribution in [0.3, 0.4) is 0 Å². The number of nitrogens with zero attached hydrogens (tertiary/aromatic N) is 3. The van der Waals surface area contributed by atoms with Gasteiger partial charge < -0.3 is 11.1 Å². The average Bonchev–Trinajstić information content (AvgIpc) is 3.01. The zero-order chi connectivity index (χ0) is 20.1. The summed E-state index contributed by atoms with van der Waals surface area (Å²) in [7, 11) is 0. The van der Waals surface area contributed by atoms with Gasteiger partial charge in [-0.15, -0.1) is 0 Å². The number of benzene rings is 2. The summed E-state index contributed by atoms with van der Waals surface area (Å²) in [6, 6.07) is 13.3. The first-order chi connectivity index (χ1) is 13.5. The highest BCUT2D eigenvalue weighted by atomic mass is 19.1. The number of carbonyl (C=O) groups is 1. The first-order valence-electron chi connectivity index (χ1n) is 8.57. The van der Waals surface area contributed by atoms with E-state index in [1.54, 1.807) is 6.07 Å². The van der Waals surface area contributed by atoms with Gasteiger partial charge >= 0.3 is 0 Å². The summed E-state index contributed by atoms with van der Waals surface area (Å²) >= 11 is 0. The van der Waals surface area contributed by atoms with Gasteiger partial charge in [0, 0.05) is 6.54 Å². The molecule has 1 aromatic heterocycles. The topological polar surface area (TPSA) is 96.7 Å². The van der Waals surface area contributed by atoms with Crippen molar-refractivity contribution in [1.29, 1.82) is 5.26 Å². The van der Waals surface area contributed by atoms with Crippen LogP contribution in [0.25, 0.3) is 5.69 Å². The molecular formula is C20H17F2N5O. The Bertz CT molecular complexity index is 1040. The molecule has 0 aliphatic heterocycles. The molecule has 0 atom stereocenters. The lowest BCUT2D eigenvalue weighted by molar-refractivity contribution is 0.0949. The average molecular weight is 381 g/mol. The second kappa shape index (κ2) is 8.31. The maximum Gasteiger partial charge on any atom is 0.254 e. The molecule has 0 spiro atoms. The van der Waals surface area contributed by atoms with Crippen LogP contribution in [-0.4, -0.2) is 22.2 Å².